The van der Waals surface area contributed by atoms with E-state index < -0.39 is 5.97 Å². The van der Waals surface area contributed by atoms with E-state index in [0.717, 1.165) is 11.1 Å². The molecule has 0 aliphatic heterocycles. The predicted molar refractivity (Wildman–Crippen MR) is 70.5 cm³/mol. The number of halogens is 1. The smallest absolute Gasteiger partial charge is 0.354 e. The summed E-state index contributed by atoms with van der Waals surface area (Å²) < 4.78 is 14.5. The summed E-state index contributed by atoms with van der Waals surface area (Å²) >= 11 is 0. The van der Waals surface area contributed by atoms with Crippen LogP contribution in [0.4, 0.5) is 4.39 Å². The number of hydrogen-bond donors (Lipinski definition) is 1. The van der Waals surface area contributed by atoms with Crippen molar-refractivity contribution in [2.24, 2.45) is 0 Å². The van der Waals surface area contributed by atoms with Crippen molar-refractivity contribution in [1.29, 1.82) is 0 Å². The first-order valence-corrected chi connectivity index (χ1v) is 5.92. The molecule has 0 saturated carbocycles. The molecular formula is C14H10FN3O2. The summed E-state index contributed by atoms with van der Waals surface area (Å²) in [6, 6.07) is 8.88. The molecule has 0 aliphatic rings. The number of rotatable bonds is 2. The highest BCUT2D eigenvalue weighted by molar-refractivity contribution is 5.89. The van der Waals surface area contributed by atoms with Gasteiger partial charge in [-0.1, -0.05) is 0 Å². The molecule has 6 heteroatoms. The number of nitrogens with zero attached hydrogens (tertiary/aromatic N) is 3. The molecule has 0 fully saturated rings. The molecule has 1 N–H and O–H groups in total. The van der Waals surface area contributed by atoms with Gasteiger partial charge < -0.3 is 5.11 Å². The number of carbonyl (C=O) groups is 1. The molecule has 0 aliphatic carbocycles. The van der Waals surface area contributed by atoms with Crippen LogP contribution in [0, 0.1) is 12.7 Å². The number of benzene rings is 1. The van der Waals surface area contributed by atoms with Crippen molar-refractivity contribution in [3.63, 3.8) is 0 Å². The van der Waals surface area contributed by atoms with Crippen molar-refractivity contribution in [2.75, 3.05) is 0 Å². The van der Waals surface area contributed by atoms with E-state index in [4.69, 9.17) is 5.11 Å². The van der Waals surface area contributed by atoms with Gasteiger partial charge in [-0.05, 0) is 43.3 Å². The fourth-order valence-electron chi connectivity index (χ4n) is 2.02. The zero-order valence-electron chi connectivity index (χ0n) is 10.5. The Labute approximate surface area is 113 Å². The van der Waals surface area contributed by atoms with Gasteiger partial charge in [0.2, 0.25) is 0 Å². The molecule has 0 amide bonds. The van der Waals surface area contributed by atoms with Crippen LogP contribution in [0.5, 0.6) is 0 Å². The van der Waals surface area contributed by atoms with Gasteiger partial charge in [-0.3, -0.25) is 0 Å². The number of aromatic nitrogens is 3. The first-order chi connectivity index (χ1) is 9.56. The molecule has 3 aromatic rings. The number of carboxylic acids is 1. The lowest BCUT2D eigenvalue weighted by molar-refractivity contribution is 0.0691. The van der Waals surface area contributed by atoms with Crippen molar-refractivity contribution in [2.45, 2.75) is 6.92 Å². The quantitative estimate of drug-likeness (QED) is 0.777. The van der Waals surface area contributed by atoms with Gasteiger partial charge in [0.15, 0.2) is 11.3 Å². The molecule has 2 heterocycles. The van der Waals surface area contributed by atoms with Crippen molar-refractivity contribution >= 4 is 17.0 Å². The van der Waals surface area contributed by atoms with E-state index in [2.05, 4.69) is 10.1 Å². The molecule has 0 saturated heterocycles. The molecule has 5 nitrogen and oxygen atoms in total. The number of aryl methyl sites for hydroxylation is 1. The second-order valence-electron chi connectivity index (χ2n) is 4.35. The number of aromatic carboxylic acids is 1. The normalized spacial score (nSPS) is 10.9. The lowest BCUT2D eigenvalue weighted by Crippen LogP contribution is -2.03. The Kier molecular flexibility index (Phi) is 2.71. The van der Waals surface area contributed by atoms with Crippen LogP contribution in [-0.4, -0.2) is 25.8 Å². The Hall–Kier alpha value is -2.76. The summed E-state index contributed by atoms with van der Waals surface area (Å²) in [4.78, 5) is 15.1. The molecule has 0 radical (unpaired) electrons. The van der Waals surface area contributed by atoms with Crippen LogP contribution in [0.1, 0.15) is 16.2 Å². The zero-order valence-corrected chi connectivity index (χ0v) is 10.5. The molecule has 3 rings (SSSR count). The molecule has 0 atom stereocenters. The minimum atomic E-state index is -1.10. The Balaban J connectivity index is 2.27. The van der Waals surface area contributed by atoms with Gasteiger partial charge in [-0.15, -0.1) is 0 Å². The summed E-state index contributed by atoms with van der Waals surface area (Å²) in [5.41, 5.74) is 1.74. The van der Waals surface area contributed by atoms with Gasteiger partial charge in [0.05, 0.1) is 11.4 Å². The van der Waals surface area contributed by atoms with Crippen LogP contribution in [0.15, 0.2) is 36.4 Å². The summed E-state index contributed by atoms with van der Waals surface area (Å²) in [6.45, 7) is 1.81. The summed E-state index contributed by atoms with van der Waals surface area (Å²) in [6.07, 6.45) is 0. The third-order valence-corrected chi connectivity index (χ3v) is 3.01. The molecule has 0 unspecified atom stereocenters. The summed E-state index contributed by atoms with van der Waals surface area (Å²) in [5, 5.41) is 14.1. The molecule has 100 valence electrons. The largest absolute Gasteiger partial charge is 0.477 e. The third kappa shape index (κ3) is 1.91. The van der Waals surface area contributed by atoms with Crippen molar-refractivity contribution in [3.05, 3.63) is 53.6 Å². The van der Waals surface area contributed by atoms with Crippen molar-refractivity contribution < 1.29 is 14.3 Å². The maximum atomic E-state index is 13.0. The highest BCUT2D eigenvalue weighted by Gasteiger charge is 2.13. The van der Waals surface area contributed by atoms with E-state index in [9.17, 15) is 9.18 Å². The molecule has 1 aromatic carbocycles. The van der Waals surface area contributed by atoms with Gasteiger partial charge in [0, 0.05) is 5.39 Å². The number of hydrogen-bond acceptors (Lipinski definition) is 3. The average molecular weight is 271 g/mol. The fourth-order valence-corrected chi connectivity index (χ4v) is 2.02. The minimum Gasteiger partial charge on any atom is -0.477 e. The SMILES string of the molecule is Cc1nn(-c2ccc(F)cc2)c2nc(C(=O)O)ccc12. The maximum absolute atomic E-state index is 13.0. The Morgan fingerprint density at radius 2 is 1.90 bits per heavy atom. The molecular weight excluding hydrogens is 261 g/mol. The van der Waals surface area contributed by atoms with E-state index in [1.54, 1.807) is 18.2 Å². The molecule has 2 aromatic heterocycles. The molecule has 0 spiro atoms. The van der Waals surface area contributed by atoms with E-state index in [0.29, 0.717) is 11.3 Å². The van der Waals surface area contributed by atoms with Gasteiger partial charge in [0.25, 0.3) is 0 Å². The van der Waals surface area contributed by atoms with Crippen LogP contribution in [-0.2, 0) is 0 Å². The van der Waals surface area contributed by atoms with Crippen LogP contribution in [0.2, 0.25) is 0 Å². The van der Waals surface area contributed by atoms with Crippen LogP contribution in [0.3, 0.4) is 0 Å². The lowest BCUT2D eigenvalue weighted by Gasteiger charge is -2.03. The minimum absolute atomic E-state index is 0.0549. The summed E-state index contributed by atoms with van der Waals surface area (Å²) in [7, 11) is 0. The van der Waals surface area contributed by atoms with Crippen LogP contribution < -0.4 is 0 Å². The monoisotopic (exact) mass is 271 g/mol. The van der Waals surface area contributed by atoms with Crippen molar-refractivity contribution in [1.82, 2.24) is 14.8 Å². The number of pyridine rings is 1. The lowest BCUT2D eigenvalue weighted by atomic mass is 10.2. The highest BCUT2D eigenvalue weighted by atomic mass is 19.1. The maximum Gasteiger partial charge on any atom is 0.354 e. The standard InChI is InChI=1S/C14H10FN3O2/c1-8-11-6-7-12(14(19)20)16-13(11)18(17-8)10-4-2-9(15)3-5-10/h2-7H,1H3,(H,19,20). The fraction of sp³-hybridized carbons (Fsp3) is 0.0714. The van der Waals surface area contributed by atoms with E-state index in [1.807, 2.05) is 6.92 Å². The number of carboxylic acid groups (broad SMARTS) is 1. The second-order valence-corrected chi connectivity index (χ2v) is 4.35. The number of fused-ring (bicyclic) bond motifs is 1. The third-order valence-electron chi connectivity index (χ3n) is 3.01. The van der Waals surface area contributed by atoms with E-state index in [1.165, 1.54) is 22.9 Å². The van der Waals surface area contributed by atoms with Gasteiger partial charge in [0.1, 0.15) is 5.82 Å². The first-order valence-electron chi connectivity index (χ1n) is 5.92. The second kappa shape index (κ2) is 4.41. The van der Waals surface area contributed by atoms with Gasteiger partial charge in [-0.2, -0.15) is 5.10 Å². The van der Waals surface area contributed by atoms with Gasteiger partial charge in [-0.25, -0.2) is 18.9 Å². The van der Waals surface area contributed by atoms with Crippen LogP contribution >= 0.6 is 0 Å². The van der Waals surface area contributed by atoms with Crippen LogP contribution in [0.25, 0.3) is 16.7 Å². The zero-order chi connectivity index (χ0) is 14.3. The van der Waals surface area contributed by atoms with Crippen molar-refractivity contribution in [3.8, 4) is 5.69 Å². The summed E-state index contributed by atoms with van der Waals surface area (Å²) in [5.74, 6) is -1.45. The Bertz CT molecular complexity index is 809. The Morgan fingerprint density at radius 3 is 2.55 bits per heavy atom. The van der Waals surface area contributed by atoms with E-state index >= 15 is 0 Å². The molecule has 0 bridgehead atoms. The molecule has 20 heavy (non-hydrogen) atoms. The topological polar surface area (TPSA) is 68.0 Å². The highest BCUT2D eigenvalue weighted by Crippen LogP contribution is 2.20. The first kappa shape index (κ1) is 12.3. The average Bonchev–Trinajstić information content (AvgIpc) is 2.76. The Morgan fingerprint density at radius 1 is 1.20 bits per heavy atom. The van der Waals surface area contributed by atoms with Gasteiger partial charge >= 0.3 is 5.97 Å². The van der Waals surface area contributed by atoms with E-state index in [-0.39, 0.29) is 11.5 Å². The predicted octanol–water partition coefficient (Wildman–Crippen LogP) is 2.57.